The first kappa shape index (κ1) is 12.0. The van der Waals surface area contributed by atoms with Crippen LogP contribution in [0.25, 0.3) is 0 Å². The SMILES string of the molecule is COC(=O)OC(=O)C(C)Oc1ccccc1. The maximum atomic E-state index is 11.3. The molecule has 0 aliphatic rings. The average molecular weight is 224 g/mol. The molecule has 86 valence electrons. The van der Waals surface area contributed by atoms with Gasteiger partial charge in [-0.3, -0.25) is 0 Å². The lowest BCUT2D eigenvalue weighted by Crippen LogP contribution is -2.28. The zero-order valence-electron chi connectivity index (χ0n) is 9.01. The highest BCUT2D eigenvalue weighted by Crippen LogP contribution is 2.11. The van der Waals surface area contributed by atoms with Gasteiger partial charge in [0.2, 0.25) is 0 Å². The van der Waals surface area contributed by atoms with Crippen molar-refractivity contribution in [1.29, 1.82) is 0 Å². The highest BCUT2D eigenvalue weighted by atomic mass is 16.7. The van der Waals surface area contributed by atoms with E-state index in [0.717, 1.165) is 7.11 Å². The van der Waals surface area contributed by atoms with Crippen molar-refractivity contribution in [2.24, 2.45) is 0 Å². The predicted octanol–water partition coefficient (Wildman–Crippen LogP) is 1.76. The van der Waals surface area contributed by atoms with Gasteiger partial charge >= 0.3 is 12.1 Å². The molecule has 1 rings (SSSR count). The summed E-state index contributed by atoms with van der Waals surface area (Å²) in [5, 5.41) is 0. The molecule has 0 heterocycles. The Balaban J connectivity index is 2.49. The molecule has 16 heavy (non-hydrogen) atoms. The van der Waals surface area contributed by atoms with E-state index in [9.17, 15) is 9.59 Å². The summed E-state index contributed by atoms with van der Waals surface area (Å²) in [4.78, 5) is 21.9. The van der Waals surface area contributed by atoms with Gasteiger partial charge in [-0.25, -0.2) is 9.59 Å². The molecule has 0 bridgehead atoms. The van der Waals surface area contributed by atoms with E-state index in [1.54, 1.807) is 24.3 Å². The largest absolute Gasteiger partial charge is 0.515 e. The molecule has 0 saturated carbocycles. The molecule has 0 aliphatic carbocycles. The molecule has 0 amide bonds. The van der Waals surface area contributed by atoms with Crippen molar-refractivity contribution in [1.82, 2.24) is 0 Å². The van der Waals surface area contributed by atoms with Crippen LogP contribution in [0.5, 0.6) is 5.75 Å². The second-order valence-corrected chi connectivity index (χ2v) is 2.95. The normalized spacial score (nSPS) is 11.4. The van der Waals surface area contributed by atoms with Crippen LogP contribution in [0.4, 0.5) is 4.79 Å². The second kappa shape index (κ2) is 5.75. The van der Waals surface area contributed by atoms with Crippen molar-refractivity contribution >= 4 is 12.1 Å². The standard InChI is InChI=1S/C11H12O5/c1-8(10(12)16-11(13)14-2)15-9-6-4-3-5-7-9/h3-8H,1-2H3. The first-order valence-electron chi connectivity index (χ1n) is 4.65. The molecule has 5 nitrogen and oxygen atoms in total. The molecule has 0 fully saturated rings. The Hall–Kier alpha value is -2.04. The van der Waals surface area contributed by atoms with Crippen LogP contribution >= 0.6 is 0 Å². The Morgan fingerprint density at radius 1 is 1.19 bits per heavy atom. The fourth-order valence-electron chi connectivity index (χ4n) is 0.958. The first-order valence-corrected chi connectivity index (χ1v) is 4.65. The van der Waals surface area contributed by atoms with Gasteiger partial charge in [-0.1, -0.05) is 18.2 Å². The lowest BCUT2D eigenvalue weighted by atomic mass is 10.3. The number of hydrogen-bond donors (Lipinski definition) is 0. The maximum absolute atomic E-state index is 11.3. The number of carbonyl (C=O) groups excluding carboxylic acids is 2. The zero-order valence-corrected chi connectivity index (χ0v) is 9.01. The quantitative estimate of drug-likeness (QED) is 0.578. The van der Waals surface area contributed by atoms with Gasteiger partial charge in [0.1, 0.15) is 5.75 Å². The van der Waals surface area contributed by atoms with Gasteiger partial charge in [-0.15, -0.1) is 0 Å². The number of hydrogen-bond acceptors (Lipinski definition) is 5. The third-order valence-electron chi connectivity index (χ3n) is 1.74. The van der Waals surface area contributed by atoms with E-state index in [1.165, 1.54) is 6.92 Å². The van der Waals surface area contributed by atoms with Crippen LogP contribution < -0.4 is 4.74 Å². The van der Waals surface area contributed by atoms with E-state index in [-0.39, 0.29) is 0 Å². The second-order valence-electron chi connectivity index (χ2n) is 2.95. The number of esters is 1. The van der Waals surface area contributed by atoms with Crippen LogP contribution in [0, 0.1) is 0 Å². The molecule has 0 spiro atoms. The van der Waals surface area contributed by atoms with Gasteiger partial charge in [0, 0.05) is 0 Å². The van der Waals surface area contributed by atoms with Gasteiger partial charge in [0.25, 0.3) is 0 Å². The zero-order chi connectivity index (χ0) is 12.0. The molecule has 5 heteroatoms. The molecular weight excluding hydrogens is 212 g/mol. The highest BCUT2D eigenvalue weighted by Gasteiger charge is 2.20. The Morgan fingerprint density at radius 3 is 2.38 bits per heavy atom. The minimum absolute atomic E-state index is 0.525. The molecule has 0 saturated heterocycles. The summed E-state index contributed by atoms with van der Waals surface area (Å²) in [5.74, 6) is -0.271. The van der Waals surface area contributed by atoms with Gasteiger partial charge in [-0.2, -0.15) is 0 Å². The minimum atomic E-state index is -1.05. The molecular formula is C11H12O5. The van der Waals surface area contributed by atoms with Gasteiger partial charge in [0.05, 0.1) is 7.11 Å². The molecule has 0 N–H and O–H groups in total. The summed E-state index contributed by atoms with van der Waals surface area (Å²) in [7, 11) is 1.12. The third kappa shape index (κ3) is 3.61. The summed E-state index contributed by atoms with van der Waals surface area (Å²) < 4.78 is 13.7. The fraction of sp³-hybridized carbons (Fsp3) is 0.273. The van der Waals surface area contributed by atoms with Crippen LogP contribution in [0.15, 0.2) is 30.3 Å². The third-order valence-corrected chi connectivity index (χ3v) is 1.74. The van der Waals surface area contributed by atoms with Crippen LogP contribution in [0.2, 0.25) is 0 Å². The summed E-state index contributed by atoms with van der Waals surface area (Å²) in [6, 6.07) is 8.76. The number of para-hydroxylation sites is 1. The van der Waals surface area contributed by atoms with Crippen molar-refractivity contribution in [3.05, 3.63) is 30.3 Å². The van der Waals surface area contributed by atoms with Crippen LogP contribution in [-0.4, -0.2) is 25.3 Å². The smallest absolute Gasteiger partial charge is 0.479 e. The van der Waals surface area contributed by atoms with E-state index in [1.807, 2.05) is 6.07 Å². The number of benzene rings is 1. The molecule has 0 aliphatic heterocycles. The lowest BCUT2D eigenvalue weighted by Gasteiger charge is -2.12. The summed E-state index contributed by atoms with van der Waals surface area (Å²) in [5.41, 5.74) is 0. The van der Waals surface area contributed by atoms with Gasteiger partial charge in [-0.05, 0) is 19.1 Å². The van der Waals surface area contributed by atoms with E-state index in [0.29, 0.717) is 5.75 Å². The fourth-order valence-corrected chi connectivity index (χ4v) is 0.958. The number of rotatable bonds is 3. The van der Waals surface area contributed by atoms with Crippen molar-refractivity contribution in [3.8, 4) is 5.75 Å². The van der Waals surface area contributed by atoms with Crippen molar-refractivity contribution < 1.29 is 23.8 Å². The summed E-state index contributed by atoms with van der Waals surface area (Å²) in [6.07, 6.45) is -1.92. The van der Waals surface area contributed by atoms with E-state index < -0.39 is 18.2 Å². The Kier molecular flexibility index (Phi) is 4.32. The molecule has 1 aromatic carbocycles. The predicted molar refractivity (Wildman–Crippen MR) is 55.0 cm³/mol. The lowest BCUT2D eigenvalue weighted by molar-refractivity contribution is -0.146. The van der Waals surface area contributed by atoms with Crippen LogP contribution in [0.1, 0.15) is 6.92 Å². The molecule has 0 radical (unpaired) electrons. The number of carbonyl (C=O) groups is 2. The molecule has 0 aromatic heterocycles. The van der Waals surface area contributed by atoms with Crippen LogP contribution in [-0.2, 0) is 14.3 Å². The Morgan fingerprint density at radius 2 is 1.81 bits per heavy atom. The molecule has 1 atom stereocenters. The first-order chi connectivity index (χ1) is 7.63. The topological polar surface area (TPSA) is 61.8 Å². The van der Waals surface area contributed by atoms with Crippen molar-refractivity contribution in [2.45, 2.75) is 13.0 Å². The van der Waals surface area contributed by atoms with E-state index >= 15 is 0 Å². The van der Waals surface area contributed by atoms with Crippen molar-refractivity contribution in [2.75, 3.05) is 7.11 Å². The Labute approximate surface area is 92.9 Å². The molecule has 1 unspecified atom stereocenters. The minimum Gasteiger partial charge on any atom is -0.479 e. The van der Waals surface area contributed by atoms with Crippen molar-refractivity contribution in [3.63, 3.8) is 0 Å². The van der Waals surface area contributed by atoms with E-state index in [2.05, 4.69) is 9.47 Å². The number of methoxy groups -OCH3 is 1. The monoisotopic (exact) mass is 224 g/mol. The number of ether oxygens (including phenoxy) is 3. The average Bonchev–Trinajstić information content (AvgIpc) is 2.30. The maximum Gasteiger partial charge on any atom is 0.515 e. The summed E-state index contributed by atoms with van der Waals surface area (Å²) in [6.45, 7) is 1.48. The van der Waals surface area contributed by atoms with E-state index in [4.69, 9.17) is 4.74 Å². The van der Waals surface area contributed by atoms with Gasteiger partial charge < -0.3 is 14.2 Å². The summed E-state index contributed by atoms with van der Waals surface area (Å²) >= 11 is 0. The molecule has 1 aromatic rings. The Bertz CT molecular complexity index is 360. The van der Waals surface area contributed by atoms with Gasteiger partial charge in [0.15, 0.2) is 6.10 Å². The van der Waals surface area contributed by atoms with Crippen LogP contribution in [0.3, 0.4) is 0 Å². The highest BCUT2D eigenvalue weighted by molar-refractivity contribution is 5.84.